The molecule has 13 N–H and O–H groups in total. The lowest BCUT2D eigenvalue weighted by Gasteiger charge is -2.46. The van der Waals surface area contributed by atoms with Crippen molar-refractivity contribution in [2.45, 2.75) is 131 Å². The molecule has 0 spiro atoms. The van der Waals surface area contributed by atoms with Crippen LogP contribution >= 0.6 is 0 Å². The van der Waals surface area contributed by atoms with Gasteiger partial charge in [-0.3, -0.25) is 9.59 Å². The largest absolute Gasteiger partial charge is 0.394 e. The highest BCUT2D eigenvalue weighted by Gasteiger charge is 2.52. The van der Waals surface area contributed by atoms with Gasteiger partial charge in [0.2, 0.25) is 11.8 Å². The van der Waals surface area contributed by atoms with Gasteiger partial charge in [0.1, 0.15) is 73.2 Å². The molecule has 0 radical (unpaired) electrons. The predicted octanol–water partition coefficient (Wildman–Crippen LogP) is -6.61. The summed E-state index contributed by atoms with van der Waals surface area (Å²) in [5.74, 6) is -0.655. The fourth-order valence-corrected chi connectivity index (χ4v) is 5.46. The molecule has 48 heavy (non-hydrogen) atoms. The van der Waals surface area contributed by atoms with E-state index in [0.29, 0.717) is 12.8 Å². The van der Waals surface area contributed by atoms with E-state index in [9.17, 15) is 60.7 Å². The Bertz CT molecular complexity index is 979. The van der Waals surface area contributed by atoms with Crippen LogP contribution in [0.2, 0.25) is 0 Å². The minimum absolute atomic E-state index is 0.0140. The summed E-state index contributed by atoms with van der Waals surface area (Å²) in [5, 5.41) is 105. The lowest BCUT2D eigenvalue weighted by molar-refractivity contribution is -0.366. The molecule has 0 aromatic rings. The van der Waals surface area contributed by atoms with Crippen LogP contribution in [0.25, 0.3) is 0 Å². The Morgan fingerprint density at radius 1 is 0.604 bits per heavy atom. The monoisotopic (exact) mass is 702 g/mol. The third-order valence-corrected chi connectivity index (χ3v) is 8.34. The minimum Gasteiger partial charge on any atom is -0.394 e. The fourth-order valence-electron chi connectivity index (χ4n) is 5.46. The minimum atomic E-state index is -1.88. The maximum atomic E-state index is 12.2. The number of hydrogen-bond donors (Lipinski definition) is 12. The molecule has 0 aromatic heterocycles. The van der Waals surface area contributed by atoms with Gasteiger partial charge in [-0.15, -0.1) is 0 Å². The van der Waals surface area contributed by atoms with E-state index < -0.39 is 112 Å². The molecule has 20 nitrogen and oxygen atoms in total. The van der Waals surface area contributed by atoms with E-state index in [-0.39, 0.29) is 37.8 Å². The maximum absolute atomic E-state index is 12.2. The highest BCUT2D eigenvalue weighted by atomic mass is 16.7. The van der Waals surface area contributed by atoms with Crippen molar-refractivity contribution in [2.24, 2.45) is 5.73 Å². The molecule has 15 atom stereocenters. The number of amides is 2. The van der Waals surface area contributed by atoms with Crippen LogP contribution in [0, 0.1) is 0 Å². The van der Waals surface area contributed by atoms with Crippen molar-refractivity contribution >= 4 is 11.8 Å². The molecular formula is C28H50N2O18. The van der Waals surface area contributed by atoms with E-state index in [4.69, 9.17) is 34.2 Å². The third-order valence-electron chi connectivity index (χ3n) is 8.34. The first kappa shape index (κ1) is 40.7. The number of carbonyl (C=O) groups excluding carboxylic acids is 2. The Morgan fingerprint density at radius 3 is 1.71 bits per heavy atom. The molecule has 3 fully saturated rings. The van der Waals surface area contributed by atoms with Crippen LogP contribution in [0.4, 0.5) is 0 Å². The van der Waals surface area contributed by atoms with Gasteiger partial charge >= 0.3 is 0 Å². The number of nitrogens with two attached hydrogens (primary N) is 1. The number of aliphatic hydroxyl groups excluding tert-OH is 10. The summed E-state index contributed by atoms with van der Waals surface area (Å²) in [6.07, 6.45) is -21.7. The molecule has 20 heteroatoms. The predicted molar refractivity (Wildman–Crippen MR) is 155 cm³/mol. The summed E-state index contributed by atoms with van der Waals surface area (Å²) in [4.78, 5) is 23.0. The lowest BCUT2D eigenvalue weighted by Crippen LogP contribution is -2.65. The van der Waals surface area contributed by atoms with Crippen molar-refractivity contribution < 1.29 is 89.1 Å². The smallest absolute Gasteiger partial charge is 0.220 e. The van der Waals surface area contributed by atoms with Crippen LogP contribution in [0.1, 0.15) is 38.5 Å². The van der Waals surface area contributed by atoms with Gasteiger partial charge in [-0.05, 0) is 12.8 Å². The van der Waals surface area contributed by atoms with Crippen molar-refractivity contribution in [3.8, 4) is 0 Å². The molecule has 0 aromatic carbocycles. The second-order valence-electron chi connectivity index (χ2n) is 12.0. The SMILES string of the molecule is NC(=O)CCCCCCC(=O)NCCO[C@H]1O[C@H](CO[C@H]2O[C@H](CO)[C@@H](O)[C@H](O)[C@@H]2O)[C@@H](O)[C@H](O[C@H]2O[C@H](CO)[C@@H](O)[C@H](O)[C@@H]2O)[C@@H]1O. The highest BCUT2D eigenvalue weighted by Crippen LogP contribution is 2.31. The van der Waals surface area contributed by atoms with Crippen LogP contribution in [-0.2, 0) is 38.0 Å². The summed E-state index contributed by atoms with van der Waals surface area (Å²) >= 11 is 0. The van der Waals surface area contributed by atoms with Gasteiger partial charge in [-0.25, -0.2) is 0 Å². The third kappa shape index (κ3) is 10.9. The Balaban J connectivity index is 1.62. The standard InChI is InChI=1S/C28H50N2O18/c29-15(33)5-3-1-2-4-6-16(34)30-7-8-43-27-24(42)25(48-28-23(41)21(39)18(36)13(10-32)46-28)19(37)14(47-27)11-44-26-22(40)20(38)17(35)12(9-31)45-26/h12-14,17-28,31-32,35-42H,1-11H2,(H2,29,33)(H,30,34)/t12-,13-,14-,17-,18-,19-,20+,21+,22+,23+,24+,25+,26+,27+,28-/m1/s1. The molecule has 280 valence electrons. The molecule has 3 aliphatic heterocycles. The highest BCUT2D eigenvalue weighted by molar-refractivity contribution is 5.75. The molecule has 3 rings (SSSR count). The number of aliphatic hydroxyl groups is 10. The van der Waals surface area contributed by atoms with Gasteiger partial charge in [0.25, 0.3) is 0 Å². The zero-order chi connectivity index (χ0) is 35.5. The summed E-state index contributed by atoms with van der Waals surface area (Å²) in [6, 6.07) is 0. The molecule has 3 saturated heterocycles. The van der Waals surface area contributed by atoms with E-state index in [1.807, 2.05) is 0 Å². The number of nitrogens with one attached hydrogen (secondary N) is 1. The second-order valence-corrected chi connectivity index (χ2v) is 12.0. The first-order valence-corrected chi connectivity index (χ1v) is 15.9. The molecule has 0 unspecified atom stereocenters. The second kappa shape index (κ2) is 19.6. The Morgan fingerprint density at radius 2 is 1.12 bits per heavy atom. The number of carbonyl (C=O) groups is 2. The van der Waals surface area contributed by atoms with E-state index >= 15 is 0 Å². The normalized spacial score (nSPS) is 40.4. The molecule has 3 heterocycles. The van der Waals surface area contributed by atoms with Crippen LogP contribution in [-0.4, -0.2) is 188 Å². The summed E-state index contributed by atoms with van der Waals surface area (Å²) < 4.78 is 33.1. The van der Waals surface area contributed by atoms with Crippen LogP contribution in [0.5, 0.6) is 0 Å². The molecule has 3 aliphatic rings. The van der Waals surface area contributed by atoms with E-state index in [1.54, 1.807) is 0 Å². The van der Waals surface area contributed by atoms with Gasteiger partial charge in [0.15, 0.2) is 18.9 Å². The van der Waals surface area contributed by atoms with E-state index in [1.165, 1.54) is 0 Å². The molecule has 0 saturated carbocycles. The zero-order valence-corrected chi connectivity index (χ0v) is 26.3. The van der Waals surface area contributed by atoms with Crippen molar-refractivity contribution in [1.29, 1.82) is 0 Å². The van der Waals surface area contributed by atoms with Crippen LogP contribution < -0.4 is 11.1 Å². The van der Waals surface area contributed by atoms with E-state index in [0.717, 1.165) is 12.8 Å². The van der Waals surface area contributed by atoms with E-state index in [2.05, 4.69) is 5.32 Å². The van der Waals surface area contributed by atoms with Crippen molar-refractivity contribution in [3.63, 3.8) is 0 Å². The Kier molecular flexibility index (Phi) is 16.7. The number of primary amides is 1. The van der Waals surface area contributed by atoms with Gasteiger partial charge in [0.05, 0.1) is 26.4 Å². The summed E-state index contributed by atoms with van der Waals surface area (Å²) in [6.45, 7) is -2.32. The maximum Gasteiger partial charge on any atom is 0.220 e. The fraction of sp³-hybridized carbons (Fsp3) is 0.929. The molecule has 0 aliphatic carbocycles. The van der Waals surface area contributed by atoms with Crippen molar-refractivity contribution in [1.82, 2.24) is 5.32 Å². The molecule has 0 bridgehead atoms. The zero-order valence-electron chi connectivity index (χ0n) is 26.3. The Labute approximate surface area is 275 Å². The van der Waals surface area contributed by atoms with Crippen LogP contribution in [0.15, 0.2) is 0 Å². The average molecular weight is 703 g/mol. The average Bonchev–Trinajstić information content (AvgIpc) is 3.06. The van der Waals surface area contributed by atoms with Gasteiger partial charge in [-0.2, -0.15) is 0 Å². The van der Waals surface area contributed by atoms with Crippen molar-refractivity contribution in [2.75, 3.05) is 33.0 Å². The molecular weight excluding hydrogens is 652 g/mol. The first-order chi connectivity index (χ1) is 22.8. The number of unbranched alkanes of at least 4 members (excludes halogenated alkanes) is 3. The Hall–Kier alpha value is -1.70. The summed E-state index contributed by atoms with van der Waals surface area (Å²) in [5.41, 5.74) is 5.10. The first-order valence-electron chi connectivity index (χ1n) is 15.9. The van der Waals surface area contributed by atoms with Gasteiger partial charge in [-0.1, -0.05) is 12.8 Å². The number of hydrogen-bond acceptors (Lipinski definition) is 18. The number of ether oxygens (including phenoxy) is 6. The van der Waals surface area contributed by atoms with Crippen molar-refractivity contribution in [3.05, 3.63) is 0 Å². The van der Waals surface area contributed by atoms with Gasteiger partial charge in [0, 0.05) is 19.4 Å². The van der Waals surface area contributed by atoms with Crippen LogP contribution in [0.3, 0.4) is 0 Å². The molecule has 2 amide bonds. The topological polar surface area (TPSA) is 330 Å². The summed E-state index contributed by atoms with van der Waals surface area (Å²) in [7, 11) is 0. The quantitative estimate of drug-likeness (QED) is 0.0591. The lowest BCUT2D eigenvalue weighted by atomic mass is 9.96. The van der Waals surface area contributed by atoms with Gasteiger partial charge < -0.3 is 90.5 Å². The number of rotatable bonds is 18.